The summed E-state index contributed by atoms with van der Waals surface area (Å²) >= 11 is 2.16. The second-order valence-electron chi connectivity index (χ2n) is 4.32. The Morgan fingerprint density at radius 3 is 2.65 bits per heavy atom. The molecule has 0 spiro atoms. The standard InChI is InChI=1S/C13H13IN2O4/c14-8-1-3-9(4-2-8)15-12(18)7-20-13(19)10-5-6-11(17)16-10/h1-4,10H,5-7H2,(H,15,18)(H,16,17). The maximum Gasteiger partial charge on any atom is 0.329 e. The van der Waals surface area contributed by atoms with Crippen molar-refractivity contribution in [3.63, 3.8) is 0 Å². The molecule has 1 unspecified atom stereocenters. The molecule has 106 valence electrons. The van der Waals surface area contributed by atoms with Crippen molar-refractivity contribution in [1.29, 1.82) is 0 Å². The van der Waals surface area contributed by atoms with E-state index in [1.165, 1.54) is 0 Å². The third-order valence-corrected chi connectivity index (χ3v) is 3.47. The molecule has 0 bridgehead atoms. The van der Waals surface area contributed by atoms with Gasteiger partial charge in [-0.25, -0.2) is 4.79 Å². The summed E-state index contributed by atoms with van der Waals surface area (Å²) in [7, 11) is 0. The number of amides is 2. The monoisotopic (exact) mass is 388 g/mol. The van der Waals surface area contributed by atoms with Gasteiger partial charge in [0.1, 0.15) is 6.04 Å². The number of anilines is 1. The molecular weight excluding hydrogens is 375 g/mol. The van der Waals surface area contributed by atoms with Crippen LogP contribution in [-0.2, 0) is 19.1 Å². The van der Waals surface area contributed by atoms with E-state index in [1.807, 2.05) is 12.1 Å². The highest BCUT2D eigenvalue weighted by Gasteiger charge is 2.28. The van der Waals surface area contributed by atoms with Crippen LogP contribution in [0.2, 0.25) is 0 Å². The van der Waals surface area contributed by atoms with Gasteiger partial charge in [0.25, 0.3) is 5.91 Å². The SMILES string of the molecule is O=C(COC(=O)C1CCC(=O)N1)Nc1ccc(I)cc1. The second kappa shape index (κ2) is 6.69. The quantitative estimate of drug-likeness (QED) is 0.597. The van der Waals surface area contributed by atoms with Gasteiger partial charge in [-0.05, 0) is 53.3 Å². The van der Waals surface area contributed by atoms with E-state index in [0.717, 1.165) is 3.57 Å². The molecule has 0 saturated carbocycles. The van der Waals surface area contributed by atoms with Crippen molar-refractivity contribution < 1.29 is 19.1 Å². The molecule has 1 aromatic rings. The molecule has 1 aliphatic rings. The van der Waals surface area contributed by atoms with E-state index in [1.54, 1.807) is 12.1 Å². The van der Waals surface area contributed by atoms with Gasteiger partial charge in [0, 0.05) is 15.7 Å². The van der Waals surface area contributed by atoms with Gasteiger partial charge in [0.05, 0.1) is 0 Å². The van der Waals surface area contributed by atoms with Gasteiger partial charge in [0.2, 0.25) is 5.91 Å². The highest BCUT2D eigenvalue weighted by atomic mass is 127. The molecule has 1 aliphatic heterocycles. The fraction of sp³-hybridized carbons (Fsp3) is 0.308. The van der Waals surface area contributed by atoms with Gasteiger partial charge in [-0.1, -0.05) is 0 Å². The Balaban J connectivity index is 1.76. The molecule has 0 aromatic heterocycles. The maximum atomic E-state index is 11.6. The molecule has 0 radical (unpaired) electrons. The average molecular weight is 388 g/mol. The molecule has 1 atom stereocenters. The van der Waals surface area contributed by atoms with Crippen LogP contribution in [0.15, 0.2) is 24.3 Å². The Bertz CT molecular complexity index is 530. The van der Waals surface area contributed by atoms with Crippen LogP contribution in [0.25, 0.3) is 0 Å². The van der Waals surface area contributed by atoms with Gasteiger partial charge < -0.3 is 15.4 Å². The first kappa shape index (κ1) is 14.8. The number of esters is 1. The van der Waals surface area contributed by atoms with Crippen molar-refractivity contribution in [3.05, 3.63) is 27.8 Å². The van der Waals surface area contributed by atoms with Gasteiger partial charge in [-0.15, -0.1) is 0 Å². The summed E-state index contributed by atoms with van der Waals surface area (Å²) in [6.45, 7) is -0.364. The van der Waals surface area contributed by atoms with Crippen LogP contribution >= 0.6 is 22.6 Å². The number of carbonyl (C=O) groups is 3. The van der Waals surface area contributed by atoms with E-state index in [9.17, 15) is 14.4 Å². The molecule has 7 heteroatoms. The van der Waals surface area contributed by atoms with Crippen LogP contribution in [0.1, 0.15) is 12.8 Å². The van der Waals surface area contributed by atoms with Crippen molar-refractivity contribution in [2.75, 3.05) is 11.9 Å². The van der Waals surface area contributed by atoms with Crippen LogP contribution in [0.5, 0.6) is 0 Å². The Kier molecular flexibility index (Phi) is 4.94. The van der Waals surface area contributed by atoms with Crippen LogP contribution in [0.3, 0.4) is 0 Å². The molecule has 20 heavy (non-hydrogen) atoms. The van der Waals surface area contributed by atoms with E-state index < -0.39 is 17.9 Å². The van der Waals surface area contributed by atoms with Crippen LogP contribution in [0.4, 0.5) is 5.69 Å². The highest BCUT2D eigenvalue weighted by Crippen LogP contribution is 2.11. The Labute approximate surface area is 129 Å². The molecule has 2 amide bonds. The van der Waals surface area contributed by atoms with Gasteiger partial charge in [0.15, 0.2) is 6.61 Å². The fourth-order valence-electron chi connectivity index (χ4n) is 1.76. The molecule has 1 heterocycles. The van der Waals surface area contributed by atoms with Gasteiger partial charge in [-0.2, -0.15) is 0 Å². The number of halogens is 1. The number of nitrogens with one attached hydrogen (secondary N) is 2. The largest absolute Gasteiger partial charge is 0.454 e. The predicted octanol–water partition coefficient (Wildman–Crippen LogP) is 1.05. The Morgan fingerprint density at radius 1 is 1.35 bits per heavy atom. The molecular formula is C13H13IN2O4. The van der Waals surface area contributed by atoms with Crippen molar-refractivity contribution in [2.24, 2.45) is 0 Å². The third kappa shape index (κ3) is 4.19. The first-order chi connectivity index (χ1) is 9.54. The molecule has 2 rings (SSSR count). The lowest BCUT2D eigenvalue weighted by Crippen LogP contribution is -2.36. The zero-order valence-corrected chi connectivity index (χ0v) is 12.7. The number of carbonyl (C=O) groups excluding carboxylic acids is 3. The van der Waals surface area contributed by atoms with E-state index in [4.69, 9.17) is 4.74 Å². The predicted molar refractivity (Wildman–Crippen MR) is 79.9 cm³/mol. The number of ether oxygens (including phenoxy) is 1. The Hall–Kier alpha value is -1.64. The number of hydrogen-bond acceptors (Lipinski definition) is 4. The number of rotatable bonds is 4. The van der Waals surface area contributed by atoms with Crippen molar-refractivity contribution >= 4 is 46.1 Å². The summed E-state index contributed by atoms with van der Waals surface area (Å²) in [5, 5.41) is 5.10. The van der Waals surface area contributed by atoms with Crippen LogP contribution in [-0.4, -0.2) is 30.4 Å². The summed E-state index contributed by atoms with van der Waals surface area (Å²) in [5.41, 5.74) is 0.639. The third-order valence-electron chi connectivity index (χ3n) is 2.75. The summed E-state index contributed by atoms with van der Waals surface area (Å²) < 4.78 is 5.92. The Morgan fingerprint density at radius 2 is 2.05 bits per heavy atom. The smallest absolute Gasteiger partial charge is 0.329 e. The first-order valence-electron chi connectivity index (χ1n) is 6.06. The van der Waals surface area contributed by atoms with Gasteiger partial charge >= 0.3 is 5.97 Å². The van der Waals surface area contributed by atoms with E-state index in [0.29, 0.717) is 18.5 Å². The first-order valence-corrected chi connectivity index (χ1v) is 7.14. The summed E-state index contributed by atoms with van der Waals surface area (Å²) in [5.74, 6) is -1.16. The fourth-order valence-corrected chi connectivity index (χ4v) is 2.12. The van der Waals surface area contributed by atoms with Gasteiger partial charge in [-0.3, -0.25) is 9.59 Å². The molecule has 6 nitrogen and oxygen atoms in total. The molecule has 2 N–H and O–H groups in total. The van der Waals surface area contributed by atoms with Crippen molar-refractivity contribution in [1.82, 2.24) is 5.32 Å². The summed E-state index contributed by atoms with van der Waals surface area (Å²) in [6, 6.07) is 6.61. The van der Waals surface area contributed by atoms with Crippen LogP contribution < -0.4 is 10.6 Å². The number of benzene rings is 1. The lowest BCUT2D eigenvalue weighted by molar-refractivity contribution is -0.149. The number of hydrogen-bond donors (Lipinski definition) is 2. The lowest BCUT2D eigenvalue weighted by atomic mass is 10.2. The van der Waals surface area contributed by atoms with Crippen LogP contribution in [0, 0.1) is 3.57 Å². The minimum absolute atomic E-state index is 0.171. The minimum atomic E-state index is -0.631. The zero-order valence-electron chi connectivity index (χ0n) is 10.5. The maximum absolute atomic E-state index is 11.6. The minimum Gasteiger partial charge on any atom is -0.454 e. The average Bonchev–Trinajstić information content (AvgIpc) is 2.85. The normalized spacial score (nSPS) is 17.4. The van der Waals surface area contributed by atoms with Crippen molar-refractivity contribution in [2.45, 2.75) is 18.9 Å². The second-order valence-corrected chi connectivity index (χ2v) is 5.57. The summed E-state index contributed by atoms with van der Waals surface area (Å²) in [4.78, 5) is 34.1. The van der Waals surface area contributed by atoms with E-state index >= 15 is 0 Å². The van der Waals surface area contributed by atoms with E-state index in [2.05, 4.69) is 33.2 Å². The lowest BCUT2D eigenvalue weighted by Gasteiger charge is -2.10. The van der Waals surface area contributed by atoms with Crippen molar-refractivity contribution in [3.8, 4) is 0 Å². The zero-order chi connectivity index (χ0) is 14.5. The topological polar surface area (TPSA) is 84.5 Å². The molecule has 1 aromatic carbocycles. The highest BCUT2D eigenvalue weighted by molar-refractivity contribution is 14.1. The molecule has 1 fully saturated rings. The molecule has 1 saturated heterocycles. The van der Waals surface area contributed by atoms with E-state index in [-0.39, 0.29) is 12.5 Å². The molecule has 0 aliphatic carbocycles. The summed E-state index contributed by atoms with van der Waals surface area (Å²) in [6.07, 6.45) is 0.727.